The maximum atomic E-state index is 11.5. The van der Waals surface area contributed by atoms with Crippen LogP contribution in [0.5, 0.6) is 0 Å². The van der Waals surface area contributed by atoms with Gasteiger partial charge in [0.2, 0.25) is 5.91 Å². The third-order valence-electron chi connectivity index (χ3n) is 2.17. The van der Waals surface area contributed by atoms with Crippen molar-refractivity contribution >= 4 is 62.0 Å². The van der Waals surface area contributed by atoms with Crippen molar-refractivity contribution in [3.8, 4) is 10.6 Å². The van der Waals surface area contributed by atoms with E-state index >= 15 is 0 Å². The standard InChI is InChI=1S/C11H12BrN3OS2.ClH/c1-13-3-2-10(16)15-11-14-8(6-18-11)9-4-7(12)5-17-9;/h4-6,13H,2-3H2,1H3,(H,14,15,16);1H. The highest BCUT2D eigenvalue weighted by molar-refractivity contribution is 9.10. The molecule has 0 aliphatic carbocycles. The highest BCUT2D eigenvalue weighted by atomic mass is 79.9. The van der Waals surface area contributed by atoms with Crippen molar-refractivity contribution in [3.05, 3.63) is 21.3 Å². The quantitative estimate of drug-likeness (QED) is 0.830. The maximum Gasteiger partial charge on any atom is 0.227 e. The van der Waals surface area contributed by atoms with Crippen LogP contribution in [0.4, 0.5) is 5.13 Å². The molecule has 0 atom stereocenters. The number of nitrogens with zero attached hydrogens (tertiary/aromatic N) is 1. The molecule has 0 saturated carbocycles. The molecule has 0 radical (unpaired) electrons. The summed E-state index contributed by atoms with van der Waals surface area (Å²) >= 11 is 6.48. The molecule has 2 aromatic rings. The van der Waals surface area contributed by atoms with Gasteiger partial charge in [-0.1, -0.05) is 0 Å². The third-order valence-corrected chi connectivity index (χ3v) is 4.64. The Morgan fingerprint density at radius 3 is 2.84 bits per heavy atom. The summed E-state index contributed by atoms with van der Waals surface area (Å²) in [5, 5.41) is 10.3. The molecule has 104 valence electrons. The van der Waals surface area contributed by atoms with Crippen LogP contribution in [0.15, 0.2) is 21.3 Å². The van der Waals surface area contributed by atoms with E-state index in [1.54, 1.807) is 11.3 Å². The molecule has 0 saturated heterocycles. The first kappa shape index (κ1) is 16.6. The molecule has 0 aliphatic rings. The summed E-state index contributed by atoms with van der Waals surface area (Å²) in [6.07, 6.45) is 0.454. The minimum absolute atomic E-state index is 0. The Bertz CT molecular complexity index is 544. The van der Waals surface area contributed by atoms with Gasteiger partial charge in [-0.25, -0.2) is 4.98 Å². The summed E-state index contributed by atoms with van der Waals surface area (Å²) in [6, 6.07) is 2.02. The SMILES string of the molecule is CNCCC(=O)Nc1nc(-c2cc(Br)cs2)cs1.Cl. The summed E-state index contributed by atoms with van der Waals surface area (Å²) in [6.45, 7) is 0.669. The van der Waals surface area contributed by atoms with Crippen LogP contribution in [0.1, 0.15) is 6.42 Å². The van der Waals surface area contributed by atoms with Crippen LogP contribution in [-0.2, 0) is 4.79 Å². The number of rotatable bonds is 5. The summed E-state index contributed by atoms with van der Waals surface area (Å²) in [5.74, 6) is -0.0161. The molecule has 2 N–H and O–H groups in total. The van der Waals surface area contributed by atoms with E-state index in [1.165, 1.54) is 11.3 Å². The van der Waals surface area contributed by atoms with E-state index in [1.807, 2.05) is 23.9 Å². The number of thiazole rings is 1. The van der Waals surface area contributed by atoms with E-state index < -0.39 is 0 Å². The Hall–Kier alpha value is -0.470. The Labute approximate surface area is 134 Å². The molecule has 4 nitrogen and oxygen atoms in total. The molecule has 0 aromatic carbocycles. The average Bonchev–Trinajstić information content (AvgIpc) is 2.95. The van der Waals surface area contributed by atoms with Gasteiger partial charge in [-0.3, -0.25) is 4.79 Å². The first-order valence-electron chi connectivity index (χ1n) is 5.33. The lowest BCUT2D eigenvalue weighted by molar-refractivity contribution is -0.116. The largest absolute Gasteiger partial charge is 0.319 e. The van der Waals surface area contributed by atoms with Gasteiger partial charge in [0, 0.05) is 28.2 Å². The predicted octanol–water partition coefficient (Wildman–Crippen LogP) is 3.60. The van der Waals surface area contributed by atoms with Crippen LogP contribution in [0.25, 0.3) is 10.6 Å². The second-order valence-corrected chi connectivity index (χ2v) is 6.25. The van der Waals surface area contributed by atoms with Gasteiger partial charge in [0.15, 0.2) is 5.13 Å². The van der Waals surface area contributed by atoms with Gasteiger partial charge in [-0.15, -0.1) is 35.1 Å². The minimum Gasteiger partial charge on any atom is -0.319 e. The number of halogens is 2. The van der Waals surface area contributed by atoms with Gasteiger partial charge < -0.3 is 10.6 Å². The van der Waals surface area contributed by atoms with Crippen LogP contribution in [0.2, 0.25) is 0 Å². The lowest BCUT2D eigenvalue weighted by Crippen LogP contribution is -2.18. The van der Waals surface area contributed by atoms with Crippen LogP contribution >= 0.6 is 51.0 Å². The van der Waals surface area contributed by atoms with E-state index in [0.717, 1.165) is 15.0 Å². The first-order valence-corrected chi connectivity index (χ1v) is 7.88. The number of carbonyl (C=O) groups excluding carboxylic acids is 1. The topological polar surface area (TPSA) is 54.0 Å². The molecule has 0 unspecified atom stereocenters. The zero-order valence-electron chi connectivity index (χ0n) is 10.1. The van der Waals surface area contributed by atoms with Crippen molar-refractivity contribution in [2.24, 2.45) is 0 Å². The van der Waals surface area contributed by atoms with Crippen LogP contribution < -0.4 is 10.6 Å². The molecule has 1 amide bonds. The molecule has 0 bridgehead atoms. The number of thiophene rings is 1. The van der Waals surface area contributed by atoms with E-state index in [0.29, 0.717) is 18.1 Å². The molecule has 0 aliphatic heterocycles. The number of nitrogens with one attached hydrogen (secondary N) is 2. The van der Waals surface area contributed by atoms with Gasteiger partial charge >= 0.3 is 0 Å². The Balaban J connectivity index is 0.00000180. The lowest BCUT2D eigenvalue weighted by Gasteiger charge is -2.00. The third kappa shape index (κ3) is 4.85. The monoisotopic (exact) mass is 381 g/mol. The van der Waals surface area contributed by atoms with Crippen molar-refractivity contribution in [3.63, 3.8) is 0 Å². The van der Waals surface area contributed by atoms with E-state index in [2.05, 4.69) is 31.5 Å². The molecular weight excluding hydrogens is 370 g/mol. The Kier molecular flexibility index (Phi) is 6.95. The maximum absolute atomic E-state index is 11.5. The number of hydrogen-bond acceptors (Lipinski definition) is 5. The normalized spacial score (nSPS) is 10.0. The summed E-state index contributed by atoms with van der Waals surface area (Å²) < 4.78 is 1.05. The Morgan fingerprint density at radius 2 is 2.21 bits per heavy atom. The molecule has 0 fully saturated rings. The highest BCUT2D eigenvalue weighted by Crippen LogP contribution is 2.31. The molecule has 2 aromatic heterocycles. The van der Waals surface area contributed by atoms with Crippen molar-refractivity contribution in [2.45, 2.75) is 6.42 Å². The van der Waals surface area contributed by atoms with Gasteiger partial charge in [-0.05, 0) is 29.0 Å². The first-order chi connectivity index (χ1) is 8.69. The number of hydrogen-bond donors (Lipinski definition) is 2. The number of aromatic nitrogens is 1. The fraction of sp³-hybridized carbons (Fsp3) is 0.273. The van der Waals surface area contributed by atoms with Crippen molar-refractivity contribution in [1.82, 2.24) is 10.3 Å². The average molecular weight is 383 g/mol. The van der Waals surface area contributed by atoms with E-state index in [4.69, 9.17) is 0 Å². The van der Waals surface area contributed by atoms with Crippen LogP contribution in [0.3, 0.4) is 0 Å². The molecule has 2 heterocycles. The second-order valence-electron chi connectivity index (χ2n) is 3.57. The van der Waals surface area contributed by atoms with E-state index in [-0.39, 0.29) is 18.3 Å². The summed E-state index contributed by atoms with van der Waals surface area (Å²) in [5.41, 5.74) is 0.902. The number of anilines is 1. The molecule has 19 heavy (non-hydrogen) atoms. The van der Waals surface area contributed by atoms with Gasteiger partial charge in [0.1, 0.15) is 0 Å². The van der Waals surface area contributed by atoms with Gasteiger partial charge in [0.05, 0.1) is 10.6 Å². The zero-order chi connectivity index (χ0) is 13.0. The molecule has 8 heteroatoms. The second kappa shape index (κ2) is 7.96. The van der Waals surface area contributed by atoms with Crippen molar-refractivity contribution in [2.75, 3.05) is 18.9 Å². The van der Waals surface area contributed by atoms with Crippen LogP contribution in [-0.4, -0.2) is 24.5 Å². The fourth-order valence-electron chi connectivity index (χ4n) is 1.31. The number of amides is 1. The zero-order valence-corrected chi connectivity index (χ0v) is 14.1. The predicted molar refractivity (Wildman–Crippen MR) is 87.5 cm³/mol. The highest BCUT2D eigenvalue weighted by Gasteiger charge is 2.09. The minimum atomic E-state index is -0.0161. The molecular formula is C11H13BrClN3OS2. The smallest absolute Gasteiger partial charge is 0.227 e. The molecule has 2 rings (SSSR count). The van der Waals surface area contributed by atoms with Gasteiger partial charge in [-0.2, -0.15) is 0 Å². The molecule has 0 spiro atoms. The Morgan fingerprint density at radius 1 is 1.42 bits per heavy atom. The van der Waals surface area contributed by atoms with Crippen molar-refractivity contribution < 1.29 is 4.79 Å². The van der Waals surface area contributed by atoms with Crippen molar-refractivity contribution in [1.29, 1.82) is 0 Å². The summed E-state index contributed by atoms with van der Waals surface area (Å²) in [7, 11) is 1.82. The summed E-state index contributed by atoms with van der Waals surface area (Å²) in [4.78, 5) is 17.0. The number of carbonyl (C=O) groups is 1. The van der Waals surface area contributed by atoms with Crippen LogP contribution in [0, 0.1) is 0 Å². The van der Waals surface area contributed by atoms with Gasteiger partial charge in [0.25, 0.3) is 0 Å². The lowest BCUT2D eigenvalue weighted by atomic mass is 10.4. The van der Waals surface area contributed by atoms with E-state index in [9.17, 15) is 4.79 Å². The fourth-order valence-corrected chi connectivity index (χ4v) is 3.50.